The van der Waals surface area contributed by atoms with Gasteiger partial charge in [0.05, 0.1) is 5.69 Å². The average molecular weight is 301 g/mol. The van der Waals surface area contributed by atoms with Gasteiger partial charge < -0.3 is 8.40 Å². The molecule has 0 aliphatic rings. The van der Waals surface area contributed by atoms with Crippen LogP contribution in [0.1, 0.15) is 5.69 Å². The Kier molecular flexibility index (Phi) is 7.62. The van der Waals surface area contributed by atoms with E-state index in [2.05, 4.69) is 20.9 Å². The van der Waals surface area contributed by atoms with Gasteiger partial charge in [0, 0.05) is 11.5 Å². The van der Waals surface area contributed by atoms with Crippen LogP contribution in [0.15, 0.2) is 24.4 Å². The van der Waals surface area contributed by atoms with Crippen molar-refractivity contribution in [2.24, 2.45) is 0 Å². The molecule has 0 radical (unpaired) electrons. The van der Waals surface area contributed by atoms with Crippen LogP contribution >= 0.6 is 15.9 Å². The van der Waals surface area contributed by atoms with Crippen molar-refractivity contribution in [3.05, 3.63) is 30.1 Å². The first-order valence-electron chi connectivity index (χ1n) is 2.87. The topological polar surface area (TPSA) is 79.2 Å². The zero-order valence-electron chi connectivity index (χ0n) is 5.98. The summed E-state index contributed by atoms with van der Waals surface area (Å²) < 4.78 is 24.3. The summed E-state index contributed by atoms with van der Waals surface area (Å²) in [5, 5.41) is 0.841. The van der Waals surface area contributed by atoms with Gasteiger partial charge in [0.1, 0.15) is 0 Å². The van der Waals surface area contributed by atoms with E-state index < -0.39 is 14.8 Å². The van der Waals surface area contributed by atoms with Crippen molar-refractivity contribution in [1.82, 2.24) is 4.98 Å². The van der Waals surface area contributed by atoms with E-state index in [4.69, 9.17) is 12.6 Å². The van der Waals surface area contributed by atoms with Crippen molar-refractivity contribution >= 4 is 15.9 Å². The molecule has 1 aromatic rings. The van der Waals surface area contributed by atoms with Gasteiger partial charge in [-0.25, -0.2) is 0 Å². The Balaban J connectivity index is 0.000000261. The molecule has 0 amide bonds. The Morgan fingerprint density at radius 1 is 1.50 bits per heavy atom. The summed E-state index contributed by atoms with van der Waals surface area (Å²) in [7, 11) is 0. The zero-order chi connectivity index (χ0) is 9.40. The van der Waals surface area contributed by atoms with Crippen molar-refractivity contribution in [1.29, 1.82) is 0 Å². The molecule has 0 saturated heterocycles. The molecule has 1 rings (SSSR count). The van der Waals surface area contributed by atoms with E-state index in [1.807, 2.05) is 18.2 Å². The highest BCUT2D eigenvalue weighted by atomic mass is 80.0. The summed E-state index contributed by atoms with van der Waals surface area (Å²) in [6.45, 7) is 0. The number of hydrogen-bond acceptors (Lipinski definition) is 4. The van der Waals surface area contributed by atoms with Crippen LogP contribution in [0, 0.1) is 14.8 Å². The fourth-order valence-corrected chi connectivity index (χ4v) is 0.809. The van der Waals surface area contributed by atoms with Crippen LogP contribution in [0.5, 0.6) is 0 Å². The van der Waals surface area contributed by atoms with E-state index in [1.54, 1.807) is 6.20 Å². The maximum Gasteiger partial charge on any atom is 0.433 e. The Morgan fingerprint density at radius 3 is 2.33 bits per heavy atom. The van der Waals surface area contributed by atoms with Gasteiger partial charge in [-0.1, -0.05) is 22.0 Å². The maximum absolute atomic E-state index is 8.63. The molecule has 0 spiro atoms. The molecule has 0 aliphatic heterocycles. The van der Waals surface area contributed by atoms with Gasteiger partial charge in [0.15, 0.2) is 0 Å². The first-order valence-corrected chi connectivity index (χ1v) is 5.99. The number of alkyl halides is 1. The van der Waals surface area contributed by atoms with Crippen LogP contribution in [-0.4, -0.2) is 9.18 Å². The minimum absolute atomic E-state index is 0.841. The SMILES string of the molecule is BrCc1ccccn1.[O-][Br+2]([O-])O. The maximum atomic E-state index is 8.63. The van der Waals surface area contributed by atoms with Gasteiger partial charge in [-0.15, -0.1) is 0 Å². The fourth-order valence-electron chi connectivity index (χ4n) is 0.477. The Morgan fingerprint density at radius 2 is 2.08 bits per heavy atom. The van der Waals surface area contributed by atoms with Crippen molar-refractivity contribution in [3.63, 3.8) is 0 Å². The van der Waals surface area contributed by atoms with Gasteiger partial charge in [-0.05, 0) is 16.3 Å². The van der Waals surface area contributed by atoms with E-state index in [-0.39, 0.29) is 0 Å². The predicted molar refractivity (Wildman–Crippen MR) is 39.1 cm³/mol. The number of hydrogen-bond donors (Lipinski definition) is 1. The summed E-state index contributed by atoms with van der Waals surface area (Å²) in [4.78, 5) is 4.05. The molecule has 1 heterocycles. The molecule has 0 aromatic carbocycles. The molecule has 0 saturated carbocycles. The summed E-state index contributed by atoms with van der Waals surface area (Å²) in [5.74, 6) is 0. The predicted octanol–water partition coefficient (Wildman–Crippen LogP) is -0.959. The average Bonchev–Trinajstić information content (AvgIpc) is 2.05. The lowest BCUT2D eigenvalue weighted by Crippen LogP contribution is -2.30. The van der Waals surface area contributed by atoms with E-state index in [1.165, 1.54) is 0 Å². The first kappa shape index (κ1) is 12.0. The number of halogens is 2. The van der Waals surface area contributed by atoms with Crippen molar-refractivity contribution < 1.29 is 27.4 Å². The lowest BCUT2D eigenvalue weighted by Gasteiger charge is -1.87. The smallest absolute Gasteiger partial charge is 0.372 e. The Hall–Kier alpha value is -0.0100. The monoisotopic (exact) mass is 299 g/mol. The molecule has 1 aromatic heterocycles. The van der Waals surface area contributed by atoms with Crippen LogP contribution in [-0.2, 0) is 5.33 Å². The minimum atomic E-state index is -3.40. The van der Waals surface area contributed by atoms with Gasteiger partial charge in [-0.3, -0.25) is 4.98 Å². The minimum Gasteiger partial charge on any atom is -0.372 e. The second-order valence-electron chi connectivity index (χ2n) is 1.66. The molecular formula is C6H7Br2NO3. The molecule has 0 unspecified atom stereocenters. The number of aromatic nitrogens is 1. The van der Waals surface area contributed by atoms with Crippen molar-refractivity contribution in [3.8, 4) is 0 Å². The second-order valence-corrected chi connectivity index (χ2v) is 3.06. The number of pyridine rings is 1. The Bertz CT molecular complexity index is 192. The molecule has 1 N–H and O–H groups in total. The molecule has 0 bridgehead atoms. The molecule has 6 heteroatoms. The van der Waals surface area contributed by atoms with Crippen LogP contribution < -0.4 is 8.40 Å². The van der Waals surface area contributed by atoms with E-state index >= 15 is 0 Å². The number of rotatable bonds is 1. The summed E-state index contributed by atoms with van der Waals surface area (Å²) in [5.41, 5.74) is 1.08. The van der Waals surface area contributed by atoms with Gasteiger partial charge in [0.25, 0.3) is 0 Å². The normalized spacial score (nSPS) is 9.08. The summed E-state index contributed by atoms with van der Waals surface area (Å²) in [6, 6.07) is 5.87. The summed E-state index contributed by atoms with van der Waals surface area (Å²) in [6.07, 6.45) is 1.79. The molecule has 0 aliphatic carbocycles. The largest absolute Gasteiger partial charge is 0.433 e. The second kappa shape index (κ2) is 7.63. The molecular weight excluding hydrogens is 294 g/mol. The lowest BCUT2D eigenvalue weighted by molar-refractivity contribution is -1.63. The van der Waals surface area contributed by atoms with Gasteiger partial charge in [-0.2, -0.15) is 0 Å². The van der Waals surface area contributed by atoms with Gasteiger partial charge >= 0.3 is 14.8 Å². The van der Waals surface area contributed by atoms with E-state index in [0.717, 1.165) is 11.0 Å². The van der Waals surface area contributed by atoms with Crippen molar-refractivity contribution in [2.75, 3.05) is 0 Å². The quantitative estimate of drug-likeness (QED) is 0.678. The van der Waals surface area contributed by atoms with E-state index in [0.29, 0.717) is 0 Å². The Labute approximate surface area is 83.8 Å². The third-order valence-electron chi connectivity index (χ3n) is 0.863. The highest BCUT2D eigenvalue weighted by Crippen LogP contribution is 1.97. The van der Waals surface area contributed by atoms with Gasteiger partial charge in [0.2, 0.25) is 0 Å². The first-order chi connectivity index (χ1) is 5.66. The summed E-state index contributed by atoms with van der Waals surface area (Å²) >= 11 is -0.101. The zero-order valence-corrected chi connectivity index (χ0v) is 9.16. The highest BCUT2D eigenvalue weighted by molar-refractivity contribution is 9.08. The third-order valence-corrected chi connectivity index (χ3v) is 1.44. The molecule has 12 heavy (non-hydrogen) atoms. The number of nitrogens with zero attached hydrogens (tertiary/aromatic N) is 1. The standard InChI is InChI=1S/C6H6BrN.BrHO3/c7-5-6-3-1-2-4-8-6;2-1(3)4/h1-4H,5H2;2H. The van der Waals surface area contributed by atoms with Crippen LogP contribution in [0.2, 0.25) is 0 Å². The van der Waals surface area contributed by atoms with E-state index in [9.17, 15) is 0 Å². The van der Waals surface area contributed by atoms with Crippen molar-refractivity contribution in [2.45, 2.75) is 5.33 Å². The third kappa shape index (κ3) is 8.09. The van der Waals surface area contributed by atoms with Crippen LogP contribution in [0.4, 0.5) is 0 Å². The molecule has 0 atom stereocenters. The molecule has 0 fully saturated rings. The lowest BCUT2D eigenvalue weighted by atomic mass is 10.4. The van der Waals surface area contributed by atoms with Crippen LogP contribution in [0.25, 0.3) is 0 Å². The molecule has 68 valence electrons. The molecule has 4 nitrogen and oxygen atoms in total. The van der Waals surface area contributed by atoms with Crippen LogP contribution in [0.3, 0.4) is 0 Å². The fraction of sp³-hybridized carbons (Fsp3) is 0.167. The highest BCUT2D eigenvalue weighted by Gasteiger charge is 1.86.